The summed E-state index contributed by atoms with van der Waals surface area (Å²) >= 11 is 0. The molecule has 0 saturated heterocycles. The maximum Gasteiger partial charge on any atom is 0.143 e. The van der Waals surface area contributed by atoms with Crippen LogP contribution in [0.4, 0.5) is 0 Å². The van der Waals surface area contributed by atoms with Gasteiger partial charge in [-0.2, -0.15) is 0 Å². The van der Waals surface area contributed by atoms with Crippen LogP contribution in [-0.4, -0.2) is 0 Å². The maximum absolute atomic E-state index is 6.40. The lowest BCUT2D eigenvalue weighted by atomic mass is 9.81. The number of fused-ring (bicyclic) bond motifs is 9. The molecule has 3 nitrogen and oxygen atoms in total. The van der Waals surface area contributed by atoms with E-state index in [0.29, 0.717) is 0 Å². The molecular formula is C141H114O3. The predicted octanol–water partition coefficient (Wildman–Crippen LogP) is 41.2. The molecule has 24 aromatic carbocycles. The SMILES string of the molecule is CC(C)(C)c1ccc(-c2cc(-c3ccc(-c4cccc5c4oc4ccccc45)cc3)c3ccc4cc(C(C)(C)C)cc5ccc2c3c45)cc1.CC(C)(C)c1cccc(-c2cc(-c3ccc(-c4cccc5c4oc4ccccc45)cc3)c3ccc4cc(C(C)(C)C)cc5ccc2c3c45)c1.Cc1ccccc1-c1cc(-c2ccc(-c3cccc4c3oc3ccccc34)cc2)c2ccc3cc(C(C)(C)C)cc4ccc1c2c34. The van der Waals surface area contributed by atoms with Crippen molar-refractivity contribution in [2.75, 3.05) is 0 Å². The molecule has 0 radical (unpaired) electrons. The first kappa shape index (κ1) is 89.2. The van der Waals surface area contributed by atoms with Gasteiger partial charge in [-0.3, -0.25) is 0 Å². The van der Waals surface area contributed by atoms with Crippen molar-refractivity contribution in [2.24, 2.45) is 0 Å². The highest BCUT2D eigenvalue weighted by atomic mass is 16.3. The Labute approximate surface area is 841 Å². The van der Waals surface area contributed by atoms with Crippen LogP contribution in [0.5, 0.6) is 0 Å². The van der Waals surface area contributed by atoms with Crippen molar-refractivity contribution in [1.29, 1.82) is 0 Å². The van der Waals surface area contributed by atoms with Crippen molar-refractivity contribution in [1.82, 2.24) is 0 Å². The zero-order valence-corrected chi connectivity index (χ0v) is 84.8. The van der Waals surface area contributed by atoms with Crippen molar-refractivity contribution in [3.05, 3.63) is 434 Å². The third kappa shape index (κ3) is 15.1. The van der Waals surface area contributed by atoms with Gasteiger partial charge in [0, 0.05) is 49.0 Å². The lowest BCUT2D eigenvalue weighted by molar-refractivity contribution is 0.590. The molecule has 0 saturated carbocycles. The molecule has 0 amide bonds. The highest BCUT2D eigenvalue weighted by Crippen LogP contribution is 2.53. The molecule has 0 spiro atoms. The Morgan fingerprint density at radius 2 is 0.389 bits per heavy atom. The van der Waals surface area contributed by atoms with Crippen molar-refractivity contribution in [2.45, 2.75) is 138 Å². The number of hydrogen-bond acceptors (Lipinski definition) is 3. The molecule has 0 aliphatic carbocycles. The number of hydrogen-bond donors (Lipinski definition) is 0. The molecule has 0 unspecified atom stereocenters. The Balaban J connectivity index is 0.000000113. The number of aryl methyl sites for hydroxylation is 1. The van der Waals surface area contributed by atoms with E-state index in [4.69, 9.17) is 13.3 Å². The van der Waals surface area contributed by atoms with Gasteiger partial charge in [0.25, 0.3) is 0 Å². The molecule has 0 aliphatic rings. The van der Waals surface area contributed by atoms with E-state index in [1.165, 1.54) is 197 Å². The van der Waals surface area contributed by atoms with Crippen LogP contribution in [-0.2, 0) is 27.1 Å². The minimum atomic E-state index is 0.0600. The second-order valence-corrected chi connectivity index (χ2v) is 45.4. The van der Waals surface area contributed by atoms with Crippen LogP contribution in [0.25, 0.3) is 263 Å². The summed E-state index contributed by atoms with van der Waals surface area (Å²) < 4.78 is 19.2. The summed E-state index contributed by atoms with van der Waals surface area (Å²) in [6.45, 7) is 36.6. The molecule has 144 heavy (non-hydrogen) atoms. The topological polar surface area (TPSA) is 39.4 Å². The smallest absolute Gasteiger partial charge is 0.143 e. The molecule has 3 aromatic heterocycles. The van der Waals surface area contributed by atoms with E-state index in [9.17, 15) is 0 Å². The molecule has 0 bridgehead atoms. The van der Waals surface area contributed by atoms with Crippen LogP contribution < -0.4 is 0 Å². The first-order chi connectivity index (χ1) is 69.4. The van der Waals surface area contributed by atoms with E-state index in [2.05, 4.69) is 481 Å². The highest BCUT2D eigenvalue weighted by Gasteiger charge is 2.29. The monoisotopic (exact) mass is 1850 g/mol. The zero-order valence-electron chi connectivity index (χ0n) is 84.8. The van der Waals surface area contributed by atoms with Gasteiger partial charge in [-0.05, 0) is 284 Å². The van der Waals surface area contributed by atoms with Gasteiger partial charge in [0.1, 0.15) is 33.5 Å². The zero-order chi connectivity index (χ0) is 98.5. The average molecular weight is 1860 g/mol. The largest absolute Gasteiger partial charge is 0.455 e. The van der Waals surface area contributed by atoms with Gasteiger partial charge in [0.05, 0.1) is 0 Å². The number of furan rings is 3. The first-order valence-corrected chi connectivity index (χ1v) is 51.0. The Kier molecular flexibility index (Phi) is 20.7. The van der Waals surface area contributed by atoms with Gasteiger partial charge in [-0.15, -0.1) is 0 Å². The van der Waals surface area contributed by atoms with Crippen LogP contribution in [0.2, 0.25) is 0 Å². The summed E-state index contributed by atoms with van der Waals surface area (Å²) in [6, 6.07) is 148. The van der Waals surface area contributed by atoms with Crippen LogP contribution in [0.1, 0.15) is 137 Å². The van der Waals surface area contributed by atoms with Gasteiger partial charge in [0.15, 0.2) is 0 Å². The van der Waals surface area contributed by atoms with Gasteiger partial charge in [-0.25, -0.2) is 0 Å². The molecule has 0 aliphatic heterocycles. The molecule has 0 N–H and O–H groups in total. The van der Waals surface area contributed by atoms with Crippen LogP contribution in [0.15, 0.2) is 414 Å². The predicted molar refractivity (Wildman–Crippen MR) is 619 cm³/mol. The van der Waals surface area contributed by atoms with Crippen LogP contribution in [0.3, 0.4) is 0 Å². The quantitative estimate of drug-likeness (QED) is 0.135. The summed E-state index contributed by atoms with van der Waals surface area (Å²) in [5.74, 6) is 0. The average Bonchev–Trinajstić information content (AvgIpc) is 0.912. The summed E-state index contributed by atoms with van der Waals surface area (Å²) in [4.78, 5) is 0. The summed E-state index contributed by atoms with van der Waals surface area (Å²) in [6.07, 6.45) is 0. The molecule has 696 valence electrons. The number of para-hydroxylation sites is 6. The second-order valence-electron chi connectivity index (χ2n) is 45.4. The van der Waals surface area contributed by atoms with Crippen molar-refractivity contribution in [3.63, 3.8) is 0 Å². The van der Waals surface area contributed by atoms with E-state index in [0.717, 1.165) is 99.2 Å². The van der Waals surface area contributed by atoms with Crippen molar-refractivity contribution in [3.8, 4) is 100 Å². The first-order valence-electron chi connectivity index (χ1n) is 51.0. The second kappa shape index (κ2) is 33.5. The Morgan fingerprint density at radius 3 is 0.694 bits per heavy atom. The number of rotatable bonds is 9. The summed E-state index contributed by atoms with van der Waals surface area (Å²) in [7, 11) is 0. The van der Waals surface area contributed by atoms with Crippen LogP contribution >= 0.6 is 0 Å². The molecule has 0 fully saturated rings. The maximum atomic E-state index is 6.40. The van der Waals surface area contributed by atoms with Crippen LogP contribution in [0, 0.1) is 6.92 Å². The minimum absolute atomic E-state index is 0.0600. The third-order valence-electron chi connectivity index (χ3n) is 31.0. The number of benzene rings is 24. The molecule has 0 atom stereocenters. The van der Waals surface area contributed by atoms with E-state index >= 15 is 0 Å². The Morgan fingerprint density at radius 1 is 0.146 bits per heavy atom. The lowest BCUT2D eigenvalue weighted by Gasteiger charge is -2.23. The fourth-order valence-corrected chi connectivity index (χ4v) is 23.1. The summed E-state index contributed by atoms with van der Waals surface area (Å²) in [5, 5.41) is 30.7. The normalized spacial score (nSPS) is 12.6. The highest BCUT2D eigenvalue weighted by molar-refractivity contribution is 6.32. The fourth-order valence-electron chi connectivity index (χ4n) is 23.1. The lowest BCUT2D eigenvalue weighted by Crippen LogP contribution is -2.11. The molecule has 27 rings (SSSR count). The molecule has 3 heteroatoms. The minimum Gasteiger partial charge on any atom is -0.455 e. The van der Waals surface area contributed by atoms with Gasteiger partial charge in [0.2, 0.25) is 0 Å². The molecule has 27 aromatic rings. The van der Waals surface area contributed by atoms with E-state index in [1.54, 1.807) is 0 Å². The Bertz CT molecular complexity index is 9740. The van der Waals surface area contributed by atoms with E-state index < -0.39 is 0 Å². The van der Waals surface area contributed by atoms with E-state index in [1.807, 2.05) is 30.3 Å². The fraction of sp³-hybridized carbons (Fsp3) is 0.149. The molecular weight excluding hydrogens is 1740 g/mol. The molecule has 3 heterocycles. The van der Waals surface area contributed by atoms with Gasteiger partial charge < -0.3 is 13.3 Å². The third-order valence-corrected chi connectivity index (χ3v) is 31.0. The van der Waals surface area contributed by atoms with Gasteiger partial charge >= 0.3 is 0 Å². The van der Waals surface area contributed by atoms with E-state index in [-0.39, 0.29) is 27.1 Å². The van der Waals surface area contributed by atoms with Crippen molar-refractivity contribution < 1.29 is 13.3 Å². The van der Waals surface area contributed by atoms with Gasteiger partial charge in [-0.1, -0.05) is 468 Å². The summed E-state index contributed by atoms with van der Waals surface area (Å²) in [5.41, 5.74) is 35.9. The Hall–Kier alpha value is -16.2. The standard InChI is InChI=1S/2C48H40O.C45H34O/c1-47(2,3)34-12-9-11-31(25-34)42-28-41(38-23-21-32-26-35(48(4,5)6)27-33-22-24-39(42)45(38)44(32)33)30-19-17-29(18-20-30)36-14-10-15-40-37-13-7-8-16-43(37)49-46(36)40;1-47(2,3)34-22-18-31(19-23-34)42-28-41(38-24-20-32-26-35(48(4,5)6)27-33-21-25-39(42)45(38)44(32)33)30-16-14-29(15-17-30)36-11-9-12-40-37-10-7-8-13-43(37)49-46(36)40;1-27-10-5-6-11-33(27)40-26-39(36-22-20-30-24-32(45(2,3)4)25-31-21-23-37(40)43(36)42(30)31)29-18-16-28(17-19-29)34-13-9-14-38-35-12-7-8-15-41(35)46-44(34)38/h2*7-28H,1-6H3;5-26H,1-4H3. The van der Waals surface area contributed by atoms with Crippen molar-refractivity contribution >= 4 is 163 Å².